The first kappa shape index (κ1) is 43.9. The first-order valence-electron chi connectivity index (χ1n) is 19.0. The van der Waals surface area contributed by atoms with Gasteiger partial charge >= 0.3 is 22.5 Å². The number of pyridine rings is 2. The minimum absolute atomic E-state index is 0.0880. The van der Waals surface area contributed by atoms with Crippen LogP contribution in [-0.2, 0) is 39.0 Å². The number of anilines is 2. The van der Waals surface area contributed by atoms with Crippen molar-refractivity contribution in [2.24, 2.45) is 7.05 Å². The molecule has 310 valence electrons. The number of hydrogen-bond acceptors (Lipinski definition) is 13. The Morgan fingerprint density at radius 2 is 1.59 bits per heavy atom. The number of aryl methyl sites for hydroxylation is 6. The van der Waals surface area contributed by atoms with Crippen molar-refractivity contribution in [1.29, 1.82) is 0 Å². The molecule has 18 nitrogen and oxygen atoms in total. The number of aldehydes is 1. The molecular weight excluding hydrogens is 827 g/mol. The van der Waals surface area contributed by atoms with E-state index in [1.165, 1.54) is 70.6 Å². The van der Waals surface area contributed by atoms with Crippen LogP contribution >= 0.6 is 0 Å². The van der Waals surface area contributed by atoms with E-state index < -0.39 is 24.7 Å². The Kier molecular flexibility index (Phi) is 14.5. The van der Waals surface area contributed by atoms with E-state index >= 15 is 0 Å². The molecule has 1 amide bonds. The number of amides is 1. The van der Waals surface area contributed by atoms with Crippen molar-refractivity contribution in [3.05, 3.63) is 114 Å². The molecule has 0 unspecified atom stereocenters. The number of hydrogen-bond donors (Lipinski definition) is 0. The zero-order valence-corrected chi connectivity index (χ0v) is 35.5. The molecule has 19 heteroatoms. The zero-order chi connectivity index (χ0) is 43.0. The van der Waals surface area contributed by atoms with Crippen LogP contribution in [0.15, 0.2) is 49.1 Å². The third-order valence-corrected chi connectivity index (χ3v) is 10.2. The van der Waals surface area contributed by atoms with Gasteiger partial charge in [-0.05, 0) is 93.3 Å². The first-order chi connectivity index (χ1) is 28.2. The van der Waals surface area contributed by atoms with Crippen LogP contribution < -0.4 is 4.90 Å². The van der Waals surface area contributed by atoms with Gasteiger partial charge in [0.2, 0.25) is 5.91 Å². The number of benzene rings is 1. The van der Waals surface area contributed by atoms with E-state index in [9.17, 15) is 29.8 Å². The fourth-order valence-corrected chi connectivity index (χ4v) is 7.12. The molecule has 1 fully saturated rings. The SMILES string of the molecule is CCC(=O)N1CCn2c(C3CC3)nc(N3CCCc4cc(-c5cnn(C)c5)c(C)cc43)c2C1.Cc1cnc(C)c([N+](=O)[O-])c1.Cc1cnc(C=O)c([N+](=O)[O-])c1.O=[Se]=O. The summed E-state index contributed by atoms with van der Waals surface area (Å²) in [4.78, 5) is 59.6. The molecule has 0 spiro atoms. The molecule has 3 aliphatic rings. The maximum atomic E-state index is 12.5. The van der Waals surface area contributed by atoms with Crippen molar-refractivity contribution in [2.45, 2.75) is 85.7 Å². The molecule has 6 heterocycles. The van der Waals surface area contributed by atoms with Crippen LogP contribution in [-0.4, -0.2) is 84.1 Å². The van der Waals surface area contributed by atoms with Crippen LogP contribution in [0.2, 0.25) is 0 Å². The van der Waals surface area contributed by atoms with Crippen molar-refractivity contribution in [1.82, 2.24) is 34.2 Å². The zero-order valence-electron chi connectivity index (χ0n) is 33.8. The molecule has 4 aromatic heterocycles. The molecule has 2 aliphatic heterocycles. The summed E-state index contributed by atoms with van der Waals surface area (Å²) < 4.78 is 21.2. The first-order valence-corrected chi connectivity index (χ1v) is 20.4. The van der Waals surface area contributed by atoms with Gasteiger partial charge in [-0.15, -0.1) is 0 Å². The standard InChI is InChI=1S/C26H32N6O.C7H6N2O3.C7H8N2O2.O2Se/c1-4-24(33)30-10-11-32-23(16-30)26(28-25(32)18-7-8-18)31-9-5-6-19-13-21(17(2)12-22(19)31)20-14-27-29(3)15-20;1-5-2-7(9(11)12)6(4-10)8-3-5;1-5-3-7(9(10)11)6(2)8-4-5;1-3-2/h12-15,18H,4-11,16H2,1-3H3;2-4H,1H3;3-4H,1-2H3;. The molecule has 0 saturated heterocycles. The van der Waals surface area contributed by atoms with E-state index in [0.717, 1.165) is 43.9 Å². The van der Waals surface area contributed by atoms with Crippen molar-refractivity contribution in [3.63, 3.8) is 0 Å². The van der Waals surface area contributed by atoms with Gasteiger partial charge in [-0.2, -0.15) is 5.10 Å². The Balaban J connectivity index is 0.000000208. The molecule has 8 rings (SSSR count). The fourth-order valence-electron chi connectivity index (χ4n) is 7.12. The van der Waals surface area contributed by atoms with Crippen molar-refractivity contribution >= 4 is 49.9 Å². The molecule has 0 atom stereocenters. The molecule has 0 N–H and O–H groups in total. The predicted octanol–water partition coefficient (Wildman–Crippen LogP) is 6.40. The average molecular weight is 874 g/mol. The maximum absolute atomic E-state index is 12.5. The van der Waals surface area contributed by atoms with Gasteiger partial charge in [-0.3, -0.25) is 39.5 Å². The number of carbonyl (C=O) groups excluding carboxylic acids is 2. The Morgan fingerprint density at radius 1 is 0.932 bits per heavy atom. The van der Waals surface area contributed by atoms with Gasteiger partial charge in [0.1, 0.15) is 11.5 Å². The van der Waals surface area contributed by atoms with E-state index in [4.69, 9.17) is 12.7 Å². The summed E-state index contributed by atoms with van der Waals surface area (Å²) in [6.45, 7) is 12.5. The second-order valence-corrected chi connectivity index (χ2v) is 14.8. The third-order valence-electron chi connectivity index (χ3n) is 10.2. The number of imidazole rings is 1. The normalized spacial score (nSPS) is 13.9. The Bertz CT molecular complexity index is 2420. The van der Waals surface area contributed by atoms with Crippen molar-refractivity contribution in [2.75, 3.05) is 18.0 Å². The van der Waals surface area contributed by atoms with Crippen LogP contribution in [0.4, 0.5) is 22.9 Å². The van der Waals surface area contributed by atoms with Gasteiger partial charge in [-0.1, -0.05) is 6.92 Å². The second-order valence-electron chi connectivity index (χ2n) is 14.5. The number of rotatable bonds is 7. The van der Waals surface area contributed by atoms with Gasteiger partial charge < -0.3 is 14.4 Å². The molecule has 1 aliphatic carbocycles. The Morgan fingerprint density at radius 3 is 2.17 bits per heavy atom. The molecular formula is C40H46N10O8Se. The summed E-state index contributed by atoms with van der Waals surface area (Å²) in [6.07, 6.45) is 12.6. The molecule has 1 aromatic carbocycles. The third kappa shape index (κ3) is 10.5. The predicted molar refractivity (Wildman–Crippen MR) is 217 cm³/mol. The fraction of sp³-hybridized carbons (Fsp3) is 0.400. The quantitative estimate of drug-likeness (QED) is 0.0748. The van der Waals surface area contributed by atoms with Crippen LogP contribution in [0.3, 0.4) is 0 Å². The average Bonchev–Trinajstić information content (AvgIpc) is 3.86. The van der Waals surface area contributed by atoms with Crippen LogP contribution in [0.25, 0.3) is 11.1 Å². The van der Waals surface area contributed by atoms with E-state index in [-0.39, 0.29) is 23.0 Å². The topological polar surface area (TPSA) is 222 Å². The number of nitro groups is 2. The number of fused-ring (bicyclic) bond motifs is 2. The van der Waals surface area contributed by atoms with Crippen LogP contribution in [0, 0.1) is 47.9 Å². The number of aromatic nitrogens is 6. The van der Waals surface area contributed by atoms with Gasteiger partial charge in [0.15, 0.2) is 17.8 Å². The monoisotopic (exact) mass is 874 g/mol. The Labute approximate surface area is 346 Å². The summed E-state index contributed by atoms with van der Waals surface area (Å²) in [5.41, 5.74) is 9.17. The van der Waals surface area contributed by atoms with E-state index in [0.29, 0.717) is 36.4 Å². The summed E-state index contributed by atoms with van der Waals surface area (Å²) in [6, 6.07) is 7.52. The minimum atomic E-state index is -1.62. The van der Waals surface area contributed by atoms with Gasteiger partial charge in [0.25, 0.3) is 11.4 Å². The van der Waals surface area contributed by atoms with Gasteiger partial charge in [0.05, 0.1) is 28.3 Å². The summed E-state index contributed by atoms with van der Waals surface area (Å²) in [5.74, 6) is 3.13. The summed E-state index contributed by atoms with van der Waals surface area (Å²) in [7, 11) is 1.96. The Hall–Kier alpha value is -6.20. The van der Waals surface area contributed by atoms with Crippen LogP contribution in [0.1, 0.15) is 88.5 Å². The van der Waals surface area contributed by atoms with E-state index in [1.54, 1.807) is 27.0 Å². The van der Waals surface area contributed by atoms with Crippen LogP contribution in [0.5, 0.6) is 0 Å². The summed E-state index contributed by atoms with van der Waals surface area (Å²) >= 11 is -1.62. The van der Waals surface area contributed by atoms with E-state index in [1.807, 2.05) is 29.7 Å². The molecule has 0 radical (unpaired) electrons. The van der Waals surface area contributed by atoms with Gasteiger partial charge in [0, 0.05) is 81.0 Å². The number of carbonyl (C=O) groups is 2. The van der Waals surface area contributed by atoms with E-state index in [2.05, 4.69) is 49.8 Å². The number of nitrogens with zero attached hydrogens (tertiary/aromatic N) is 10. The van der Waals surface area contributed by atoms with Crippen molar-refractivity contribution in [3.8, 4) is 11.1 Å². The summed E-state index contributed by atoms with van der Waals surface area (Å²) in [5, 5.41) is 25.1. The molecule has 1 saturated carbocycles. The van der Waals surface area contributed by atoms with Gasteiger partial charge in [-0.25, -0.2) is 9.97 Å². The molecule has 59 heavy (non-hydrogen) atoms. The van der Waals surface area contributed by atoms with Crippen molar-refractivity contribution < 1.29 is 27.1 Å². The second kappa shape index (κ2) is 19.5. The molecule has 5 aromatic rings. The molecule has 0 bridgehead atoms.